The molecule has 1 amide bonds. The predicted molar refractivity (Wildman–Crippen MR) is 81.7 cm³/mol. The lowest BCUT2D eigenvalue weighted by Crippen LogP contribution is -2.41. The maximum absolute atomic E-state index is 12.1. The van der Waals surface area contributed by atoms with Gasteiger partial charge in [-0.15, -0.1) is 4.83 Å². The summed E-state index contributed by atoms with van der Waals surface area (Å²) in [6, 6.07) is 12.4. The number of amides is 1. The zero-order valence-corrected chi connectivity index (χ0v) is 12.8. The lowest BCUT2D eigenvalue weighted by atomic mass is 10.2. The summed E-state index contributed by atoms with van der Waals surface area (Å²) >= 11 is 0. The van der Waals surface area contributed by atoms with Gasteiger partial charge in [0, 0.05) is 5.56 Å². The Kier molecular flexibility index (Phi) is 4.18. The summed E-state index contributed by atoms with van der Waals surface area (Å²) < 4.78 is 34.8. The molecule has 120 valence electrons. The van der Waals surface area contributed by atoms with Crippen LogP contribution in [-0.2, 0) is 10.0 Å². The van der Waals surface area contributed by atoms with E-state index < -0.39 is 15.9 Å². The molecular formula is C15H14N2O5S. The van der Waals surface area contributed by atoms with Gasteiger partial charge in [0.15, 0.2) is 11.5 Å². The number of carbonyl (C=O) groups is 1. The Morgan fingerprint density at radius 2 is 1.65 bits per heavy atom. The molecule has 23 heavy (non-hydrogen) atoms. The van der Waals surface area contributed by atoms with Crippen molar-refractivity contribution < 1.29 is 22.7 Å². The van der Waals surface area contributed by atoms with Crippen LogP contribution in [0.1, 0.15) is 10.4 Å². The van der Waals surface area contributed by atoms with E-state index in [1.54, 1.807) is 24.3 Å². The minimum absolute atomic E-state index is 0.0578. The van der Waals surface area contributed by atoms with Crippen molar-refractivity contribution in [3.8, 4) is 11.5 Å². The third-order valence-corrected chi connectivity index (χ3v) is 4.42. The first-order valence-electron chi connectivity index (χ1n) is 6.83. The number of ether oxygens (including phenoxy) is 2. The second-order valence-corrected chi connectivity index (χ2v) is 6.41. The summed E-state index contributed by atoms with van der Waals surface area (Å²) in [6.07, 6.45) is 0. The third kappa shape index (κ3) is 3.43. The first-order valence-corrected chi connectivity index (χ1v) is 8.31. The monoisotopic (exact) mass is 334 g/mol. The van der Waals surface area contributed by atoms with Crippen LogP contribution in [0, 0.1) is 0 Å². The zero-order valence-electron chi connectivity index (χ0n) is 12.0. The van der Waals surface area contributed by atoms with Crippen molar-refractivity contribution in [3.05, 3.63) is 54.1 Å². The van der Waals surface area contributed by atoms with Crippen molar-refractivity contribution >= 4 is 15.9 Å². The highest BCUT2D eigenvalue weighted by molar-refractivity contribution is 7.89. The Morgan fingerprint density at radius 3 is 2.39 bits per heavy atom. The highest BCUT2D eigenvalue weighted by Gasteiger charge is 2.17. The molecule has 0 saturated heterocycles. The second kappa shape index (κ2) is 6.27. The van der Waals surface area contributed by atoms with Crippen LogP contribution in [0.2, 0.25) is 0 Å². The highest BCUT2D eigenvalue weighted by Crippen LogP contribution is 2.30. The Morgan fingerprint density at radius 1 is 0.957 bits per heavy atom. The summed E-state index contributed by atoms with van der Waals surface area (Å²) in [4.78, 5) is 14.2. The molecule has 0 saturated carbocycles. The minimum atomic E-state index is -3.82. The van der Waals surface area contributed by atoms with E-state index in [0.29, 0.717) is 24.7 Å². The normalized spacial score (nSPS) is 13.4. The Bertz CT molecular complexity index is 821. The molecule has 2 aromatic carbocycles. The molecule has 3 rings (SSSR count). The van der Waals surface area contributed by atoms with Gasteiger partial charge in [-0.25, -0.2) is 8.42 Å². The number of carbonyl (C=O) groups excluding carboxylic acids is 1. The van der Waals surface area contributed by atoms with Crippen LogP contribution < -0.4 is 19.7 Å². The molecule has 7 nitrogen and oxygen atoms in total. The number of nitrogens with one attached hydrogen (secondary N) is 2. The molecule has 8 heteroatoms. The molecule has 1 aliphatic heterocycles. The maximum Gasteiger partial charge on any atom is 0.266 e. The first kappa shape index (κ1) is 15.3. The Hall–Kier alpha value is -2.58. The minimum Gasteiger partial charge on any atom is -0.486 e. The van der Waals surface area contributed by atoms with Gasteiger partial charge in [0.2, 0.25) is 0 Å². The van der Waals surface area contributed by atoms with Gasteiger partial charge in [-0.05, 0) is 30.3 Å². The Labute approximate surface area is 133 Å². The van der Waals surface area contributed by atoms with Crippen molar-refractivity contribution in [1.29, 1.82) is 0 Å². The van der Waals surface area contributed by atoms with Crippen molar-refractivity contribution in [3.63, 3.8) is 0 Å². The molecule has 1 aliphatic rings. The molecule has 0 spiro atoms. The lowest BCUT2D eigenvalue weighted by Gasteiger charge is -2.18. The van der Waals surface area contributed by atoms with Crippen molar-refractivity contribution in [2.75, 3.05) is 13.2 Å². The van der Waals surface area contributed by atoms with Gasteiger partial charge in [0.1, 0.15) is 13.2 Å². The van der Waals surface area contributed by atoms with Crippen molar-refractivity contribution in [1.82, 2.24) is 10.3 Å². The lowest BCUT2D eigenvalue weighted by molar-refractivity contribution is 0.0944. The number of sulfonamides is 1. The van der Waals surface area contributed by atoms with Crippen LogP contribution >= 0.6 is 0 Å². The smallest absolute Gasteiger partial charge is 0.266 e. The summed E-state index contributed by atoms with van der Waals surface area (Å²) in [5, 5.41) is 0. The van der Waals surface area contributed by atoms with Crippen LogP contribution in [0.15, 0.2) is 53.4 Å². The van der Waals surface area contributed by atoms with Crippen molar-refractivity contribution in [2.45, 2.75) is 4.90 Å². The molecule has 1 heterocycles. The average molecular weight is 334 g/mol. The quantitative estimate of drug-likeness (QED) is 0.816. The molecule has 0 aromatic heterocycles. The molecule has 0 unspecified atom stereocenters. The Balaban J connectivity index is 1.70. The van der Waals surface area contributed by atoms with Gasteiger partial charge in [-0.3, -0.25) is 10.2 Å². The molecule has 0 bridgehead atoms. The predicted octanol–water partition coefficient (Wildman–Crippen LogP) is 1.08. The van der Waals surface area contributed by atoms with Gasteiger partial charge in [0.05, 0.1) is 4.90 Å². The standard InChI is InChI=1S/C15H14N2O5S/c18-15(11-6-7-13-14(10-11)22-9-8-21-13)16-17-23(19,20)12-4-2-1-3-5-12/h1-7,10,17H,8-9H2,(H,16,18). The molecule has 0 atom stereocenters. The highest BCUT2D eigenvalue weighted by atomic mass is 32.2. The van der Waals surface area contributed by atoms with Crippen LogP contribution in [0.3, 0.4) is 0 Å². The largest absolute Gasteiger partial charge is 0.486 e. The van der Waals surface area contributed by atoms with Crippen LogP contribution in [-0.4, -0.2) is 27.5 Å². The fourth-order valence-corrected chi connectivity index (χ4v) is 2.89. The van der Waals surface area contributed by atoms with Crippen molar-refractivity contribution in [2.24, 2.45) is 0 Å². The van der Waals surface area contributed by atoms with Gasteiger partial charge in [0.25, 0.3) is 15.9 Å². The molecule has 0 aliphatic carbocycles. The fourth-order valence-electron chi connectivity index (χ4n) is 2.03. The average Bonchev–Trinajstić information content (AvgIpc) is 2.60. The fraction of sp³-hybridized carbons (Fsp3) is 0.133. The number of hydrogen-bond acceptors (Lipinski definition) is 5. The summed E-state index contributed by atoms with van der Waals surface area (Å²) in [7, 11) is -3.82. The van der Waals surface area contributed by atoms with Gasteiger partial charge in [-0.1, -0.05) is 18.2 Å². The van der Waals surface area contributed by atoms with Gasteiger partial charge in [-0.2, -0.15) is 0 Å². The molecular weight excluding hydrogens is 320 g/mol. The van der Waals surface area contributed by atoms with E-state index in [4.69, 9.17) is 9.47 Å². The zero-order chi connectivity index (χ0) is 16.3. The van der Waals surface area contributed by atoms with E-state index in [-0.39, 0.29) is 10.5 Å². The van der Waals surface area contributed by atoms with Crippen LogP contribution in [0.5, 0.6) is 11.5 Å². The van der Waals surface area contributed by atoms with E-state index >= 15 is 0 Å². The van der Waals surface area contributed by atoms with E-state index in [0.717, 1.165) is 0 Å². The number of hydrazine groups is 1. The molecule has 0 fully saturated rings. The SMILES string of the molecule is O=C(NNS(=O)(=O)c1ccccc1)c1ccc2c(c1)OCCO2. The number of benzene rings is 2. The van der Waals surface area contributed by atoms with Crippen LogP contribution in [0.25, 0.3) is 0 Å². The van der Waals surface area contributed by atoms with E-state index in [1.807, 2.05) is 0 Å². The summed E-state index contributed by atoms with van der Waals surface area (Å²) in [5.41, 5.74) is 2.43. The topological polar surface area (TPSA) is 93.7 Å². The van der Waals surface area contributed by atoms with Crippen LogP contribution in [0.4, 0.5) is 0 Å². The summed E-state index contributed by atoms with van der Waals surface area (Å²) in [5.74, 6) is 0.411. The third-order valence-electron chi connectivity index (χ3n) is 3.16. The second-order valence-electron chi connectivity index (χ2n) is 4.73. The van der Waals surface area contributed by atoms with E-state index in [2.05, 4.69) is 10.3 Å². The number of rotatable bonds is 4. The molecule has 2 N–H and O–H groups in total. The summed E-state index contributed by atoms with van der Waals surface area (Å²) in [6.45, 7) is 0.855. The number of hydrogen-bond donors (Lipinski definition) is 2. The van der Waals surface area contributed by atoms with E-state index in [9.17, 15) is 13.2 Å². The maximum atomic E-state index is 12.1. The number of fused-ring (bicyclic) bond motifs is 1. The van der Waals surface area contributed by atoms with E-state index in [1.165, 1.54) is 24.3 Å². The molecule has 0 radical (unpaired) electrons. The molecule has 2 aromatic rings. The van der Waals surface area contributed by atoms with Gasteiger partial charge < -0.3 is 9.47 Å². The first-order chi connectivity index (χ1) is 11.1. The van der Waals surface area contributed by atoms with Gasteiger partial charge >= 0.3 is 0 Å².